The van der Waals surface area contributed by atoms with E-state index in [1.165, 1.54) is 11.8 Å². The average molecular weight is 391 g/mol. The molecule has 148 valence electrons. The second kappa shape index (κ2) is 8.68. The first kappa shape index (κ1) is 18.9. The molecule has 0 aliphatic carbocycles. The molecule has 4 rings (SSSR count). The Morgan fingerprint density at radius 1 is 0.862 bits per heavy atom. The maximum atomic E-state index is 13.6. The number of rotatable bonds is 5. The maximum Gasteiger partial charge on any atom is 0.272 e. The molecule has 1 N–H and O–H groups in total. The summed E-state index contributed by atoms with van der Waals surface area (Å²) in [4.78, 5) is 16.8. The van der Waals surface area contributed by atoms with E-state index >= 15 is 0 Å². The van der Waals surface area contributed by atoms with Gasteiger partial charge in [0, 0.05) is 44.0 Å². The molecule has 0 bridgehead atoms. The van der Waals surface area contributed by atoms with Crippen LogP contribution in [0.25, 0.3) is 0 Å². The van der Waals surface area contributed by atoms with Gasteiger partial charge in [-0.05, 0) is 30.3 Å². The lowest BCUT2D eigenvalue weighted by molar-refractivity contribution is 0.0944. The largest absolute Gasteiger partial charge is 0.368 e. The fraction of sp³-hybridized carbons (Fsp3) is 0.227. The van der Waals surface area contributed by atoms with E-state index in [9.17, 15) is 9.18 Å². The van der Waals surface area contributed by atoms with E-state index in [4.69, 9.17) is 0 Å². The smallest absolute Gasteiger partial charge is 0.272 e. The van der Waals surface area contributed by atoms with E-state index in [0.717, 1.165) is 32.0 Å². The Hall–Kier alpha value is -3.48. The zero-order valence-electron chi connectivity index (χ0n) is 16.0. The number of amides is 1. The molecular formula is C22H22FN5O. The molecule has 1 amide bonds. The summed E-state index contributed by atoms with van der Waals surface area (Å²) in [5, 5.41) is 10.9. The average Bonchev–Trinajstić information content (AvgIpc) is 2.79. The first-order chi connectivity index (χ1) is 14.2. The molecular weight excluding hydrogens is 369 g/mol. The Bertz CT molecular complexity index is 956. The first-order valence-corrected chi connectivity index (χ1v) is 9.61. The summed E-state index contributed by atoms with van der Waals surface area (Å²) in [6.45, 7) is 3.58. The highest BCUT2D eigenvalue weighted by Gasteiger charge is 2.19. The highest BCUT2D eigenvalue weighted by atomic mass is 19.1. The first-order valence-electron chi connectivity index (χ1n) is 9.61. The van der Waals surface area contributed by atoms with E-state index in [-0.39, 0.29) is 24.0 Å². The summed E-state index contributed by atoms with van der Waals surface area (Å²) in [6, 6.07) is 20.2. The number of carbonyl (C=O) groups excluding carboxylic acids is 1. The van der Waals surface area contributed by atoms with Crippen LogP contribution < -0.4 is 15.1 Å². The van der Waals surface area contributed by atoms with Gasteiger partial charge >= 0.3 is 0 Å². The van der Waals surface area contributed by atoms with Crippen molar-refractivity contribution in [1.82, 2.24) is 15.5 Å². The quantitative estimate of drug-likeness (QED) is 0.725. The molecule has 7 heteroatoms. The van der Waals surface area contributed by atoms with E-state index in [2.05, 4.69) is 37.4 Å². The Morgan fingerprint density at radius 2 is 1.55 bits per heavy atom. The number of aromatic nitrogens is 2. The van der Waals surface area contributed by atoms with Crippen LogP contribution in [-0.4, -0.2) is 42.3 Å². The highest BCUT2D eigenvalue weighted by Crippen LogP contribution is 2.18. The zero-order valence-corrected chi connectivity index (χ0v) is 16.0. The standard InChI is InChI=1S/C22H22FN5O/c23-19-9-5-4-6-17(19)16-24-22(29)20-10-11-21(26-25-20)28-14-12-27(13-15-28)18-7-2-1-3-8-18/h1-11H,12-16H2,(H,24,29). The Morgan fingerprint density at radius 3 is 2.24 bits per heavy atom. The minimum Gasteiger partial charge on any atom is -0.368 e. The molecule has 1 saturated heterocycles. The fourth-order valence-electron chi connectivity index (χ4n) is 3.36. The number of piperazine rings is 1. The molecule has 3 aromatic rings. The molecule has 0 unspecified atom stereocenters. The summed E-state index contributed by atoms with van der Waals surface area (Å²) in [7, 11) is 0. The van der Waals surface area contributed by atoms with E-state index in [1.807, 2.05) is 24.3 Å². The number of benzene rings is 2. The van der Waals surface area contributed by atoms with Crippen molar-refractivity contribution in [2.45, 2.75) is 6.54 Å². The number of nitrogens with one attached hydrogen (secondary N) is 1. The summed E-state index contributed by atoms with van der Waals surface area (Å²) >= 11 is 0. The molecule has 0 radical (unpaired) electrons. The number of anilines is 2. The third-order valence-electron chi connectivity index (χ3n) is 5.01. The van der Waals surface area contributed by atoms with Gasteiger partial charge in [-0.3, -0.25) is 4.79 Å². The molecule has 0 saturated carbocycles. The van der Waals surface area contributed by atoms with Crippen molar-refractivity contribution in [2.75, 3.05) is 36.0 Å². The lowest BCUT2D eigenvalue weighted by Gasteiger charge is -2.36. The normalized spacial score (nSPS) is 14.0. The molecule has 1 aromatic heterocycles. The summed E-state index contributed by atoms with van der Waals surface area (Å²) in [5.74, 6) is 0.0356. The van der Waals surface area contributed by atoms with E-state index < -0.39 is 0 Å². The van der Waals surface area contributed by atoms with Gasteiger partial charge in [-0.1, -0.05) is 36.4 Å². The topological polar surface area (TPSA) is 61.4 Å². The SMILES string of the molecule is O=C(NCc1ccccc1F)c1ccc(N2CCN(c3ccccc3)CC2)nn1. The number of hydrogen-bond donors (Lipinski definition) is 1. The van der Waals surface area contributed by atoms with Gasteiger partial charge in [-0.25, -0.2) is 4.39 Å². The minimum absolute atomic E-state index is 0.108. The van der Waals surface area contributed by atoms with Crippen LogP contribution in [0.15, 0.2) is 66.7 Å². The Balaban J connectivity index is 1.32. The van der Waals surface area contributed by atoms with E-state index in [0.29, 0.717) is 5.56 Å². The van der Waals surface area contributed by atoms with Crippen molar-refractivity contribution in [3.63, 3.8) is 0 Å². The van der Waals surface area contributed by atoms with Gasteiger partial charge in [0.1, 0.15) is 5.82 Å². The second-order valence-corrected chi connectivity index (χ2v) is 6.86. The van der Waals surface area contributed by atoms with Crippen molar-refractivity contribution in [3.05, 3.63) is 83.8 Å². The van der Waals surface area contributed by atoms with Crippen LogP contribution >= 0.6 is 0 Å². The molecule has 2 aromatic carbocycles. The van der Waals surface area contributed by atoms with Crippen molar-refractivity contribution >= 4 is 17.4 Å². The van der Waals surface area contributed by atoms with Crippen molar-refractivity contribution < 1.29 is 9.18 Å². The number of carbonyl (C=O) groups is 1. The summed E-state index contributed by atoms with van der Waals surface area (Å²) in [5.41, 5.74) is 1.87. The molecule has 6 nitrogen and oxygen atoms in total. The van der Waals surface area contributed by atoms with Crippen LogP contribution in [0.5, 0.6) is 0 Å². The van der Waals surface area contributed by atoms with Gasteiger partial charge in [0.05, 0.1) is 0 Å². The number of para-hydroxylation sites is 1. The predicted octanol–water partition coefficient (Wildman–Crippen LogP) is 2.87. The Labute approximate surface area is 169 Å². The van der Waals surface area contributed by atoms with Crippen LogP contribution in [0.4, 0.5) is 15.9 Å². The van der Waals surface area contributed by atoms with Gasteiger partial charge in [0.2, 0.25) is 0 Å². The molecule has 1 aliphatic heterocycles. The van der Waals surface area contributed by atoms with Crippen LogP contribution in [-0.2, 0) is 6.54 Å². The van der Waals surface area contributed by atoms with Crippen LogP contribution in [0.1, 0.15) is 16.1 Å². The molecule has 29 heavy (non-hydrogen) atoms. The third kappa shape index (κ3) is 4.51. The number of halogens is 1. The number of nitrogens with zero attached hydrogens (tertiary/aromatic N) is 4. The van der Waals surface area contributed by atoms with Gasteiger partial charge < -0.3 is 15.1 Å². The predicted molar refractivity (Wildman–Crippen MR) is 110 cm³/mol. The van der Waals surface area contributed by atoms with Crippen LogP contribution in [0.3, 0.4) is 0 Å². The molecule has 1 fully saturated rings. The van der Waals surface area contributed by atoms with Crippen molar-refractivity contribution in [1.29, 1.82) is 0 Å². The molecule has 0 spiro atoms. The minimum atomic E-state index is -0.374. The Kier molecular flexibility index (Phi) is 5.65. The summed E-state index contributed by atoms with van der Waals surface area (Å²) in [6.07, 6.45) is 0. The van der Waals surface area contributed by atoms with Crippen LogP contribution in [0, 0.1) is 5.82 Å². The van der Waals surface area contributed by atoms with Crippen molar-refractivity contribution in [2.24, 2.45) is 0 Å². The lowest BCUT2D eigenvalue weighted by atomic mass is 10.2. The monoisotopic (exact) mass is 391 g/mol. The second-order valence-electron chi connectivity index (χ2n) is 6.86. The van der Waals surface area contributed by atoms with Gasteiger partial charge in [0.25, 0.3) is 5.91 Å². The van der Waals surface area contributed by atoms with Gasteiger partial charge in [-0.15, -0.1) is 10.2 Å². The fourth-order valence-corrected chi connectivity index (χ4v) is 3.36. The van der Waals surface area contributed by atoms with Crippen LogP contribution in [0.2, 0.25) is 0 Å². The zero-order chi connectivity index (χ0) is 20.1. The molecule has 2 heterocycles. The number of hydrogen-bond acceptors (Lipinski definition) is 5. The molecule has 0 atom stereocenters. The van der Waals surface area contributed by atoms with Crippen molar-refractivity contribution in [3.8, 4) is 0 Å². The molecule has 1 aliphatic rings. The highest BCUT2D eigenvalue weighted by molar-refractivity contribution is 5.92. The summed E-state index contributed by atoms with van der Waals surface area (Å²) < 4.78 is 13.6. The lowest BCUT2D eigenvalue weighted by Crippen LogP contribution is -2.46. The van der Waals surface area contributed by atoms with E-state index in [1.54, 1.807) is 24.3 Å². The maximum absolute atomic E-state index is 13.6. The third-order valence-corrected chi connectivity index (χ3v) is 5.01. The van der Waals surface area contributed by atoms with Gasteiger partial charge in [-0.2, -0.15) is 0 Å². The van der Waals surface area contributed by atoms with Gasteiger partial charge in [0.15, 0.2) is 11.5 Å².